The number of nitrogens with one attached hydrogen (secondary N) is 1. The molecule has 1 amide bonds. The second-order valence-corrected chi connectivity index (χ2v) is 7.38. The first-order valence-electron chi connectivity index (χ1n) is 6.37. The minimum atomic E-state index is -3.93. The van der Waals surface area contributed by atoms with Crippen molar-refractivity contribution < 1.29 is 22.7 Å². The quantitative estimate of drug-likeness (QED) is 0.701. The smallest absolute Gasteiger partial charge is 0.339 e. The highest BCUT2D eigenvalue weighted by Gasteiger charge is 2.17. The van der Waals surface area contributed by atoms with Crippen LogP contribution in [0.2, 0.25) is 0 Å². The first-order valence-corrected chi connectivity index (χ1v) is 8.71. The molecule has 0 radical (unpaired) electrons. The zero-order valence-corrected chi connectivity index (χ0v) is 14.5. The van der Waals surface area contributed by atoms with Crippen molar-refractivity contribution in [3.8, 4) is 0 Å². The number of rotatable bonds is 6. The summed E-state index contributed by atoms with van der Waals surface area (Å²) in [5, 5.41) is 7.60. The predicted molar refractivity (Wildman–Crippen MR) is 83.6 cm³/mol. The van der Waals surface area contributed by atoms with Crippen LogP contribution in [-0.4, -0.2) is 33.4 Å². The molecular weight excluding hydrogens is 376 g/mol. The molecule has 0 aromatic heterocycles. The van der Waals surface area contributed by atoms with Crippen LogP contribution in [0, 0.1) is 5.92 Å². The van der Waals surface area contributed by atoms with Crippen LogP contribution in [-0.2, 0) is 19.6 Å². The zero-order valence-electron chi connectivity index (χ0n) is 12.1. The molecular formula is C13H17BrN2O5S. The molecule has 22 heavy (non-hydrogen) atoms. The van der Waals surface area contributed by atoms with E-state index in [0.717, 1.165) is 6.07 Å². The topological polar surface area (TPSA) is 116 Å². The van der Waals surface area contributed by atoms with E-state index in [1.54, 1.807) is 0 Å². The third-order valence-corrected chi connectivity index (χ3v) is 4.13. The fraction of sp³-hybridized carbons (Fsp3) is 0.385. The van der Waals surface area contributed by atoms with Crippen LogP contribution in [0.15, 0.2) is 27.6 Å². The van der Waals surface area contributed by atoms with Gasteiger partial charge in [-0.1, -0.05) is 13.8 Å². The molecule has 0 bridgehead atoms. The second kappa shape index (κ2) is 7.70. The summed E-state index contributed by atoms with van der Waals surface area (Å²) in [5.41, 5.74) is -0.0248. The Morgan fingerprint density at radius 3 is 2.55 bits per heavy atom. The Hall–Kier alpha value is -1.45. The van der Waals surface area contributed by atoms with Crippen LogP contribution in [0.5, 0.6) is 0 Å². The number of carbonyl (C=O) groups excluding carboxylic acids is 2. The van der Waals surface area contributed by atoms with E-state index < -0.39 is 28.5 Å². The number of halogens is 1. The number of sulfonamides is 1. The molecule has 0 unspecified atom stereocenters. The van der Waals surface area contributed by atoms with Gasteiger partial charge in [-0.25, -0.2) is 18.4 Å². The Labute approximate surface area is 137 Å². The molecule has 9 heteroatoms. The highest BCUT2D eigenvalue weighted by molar-refractivity contribution is 9.10. The summed E-state index contributed by atoms with van der Waals surface area (Å²) in [6.07, 6.45) is 0. The van der Waals surface area contributed by atoms with Gasteiger partial charge in [0.25, 0.3) is 5.91 Å². The van der Waals surface area contributed by atoms with Crippen molar-refractivity contribution in [3.05, 3.63) is 28.2 Å². The lowest BCUT2D eigenvalue weighted by Gasteiger charge is -2.09. The van der Waals surface area contributed by atoms with Gasteiger partial charge in [0.1, 0.15) is 0 Å². The summed E-state index contributed by atoms with van der Waals surface area (Å²) in [7, 11) is -3.93. The summed E-state index contributed by atoms with van der Waals surface area (Å²) >= 11 is 3.12. The number of carbonyl (C=O) groups is 2. The molecule has 3 N–H and O–H groups in total. The summed E-state index contributed by atoms with van der Waals surface area (Å²) in [6, 6.07) is 3.72. The van der Waals surface area contributed by atoms with E-state index in [2.05, 4.69) is 21.2 Å². The van der Waals surface area contributed by atoms with Crippen molar-refractivity contribution in [1.82, 2.24) is 5.32 Å². The molecule has 0 spiro atoms. The second-order valence-electron chi connectivity index (χ2n) is 4.96. The van der Waals surface area contributed by atoms with Gasteiger partial charge in [-0.2, -0.15) is 0 Å². The van der Waals surface area contributed by atoms with E-state index in [-0.39, 0.29) is 16.4 Å². The Balaban J connectivity index is 2.76. The lowest BCUT2D eigenvalue weighted by atomic mass is 10.2. The van der Waals surface area contributed by atoms with E-state index in [0.29, 0.717) is 11.0 Å². The number of amides is 1. The van der Waals surface area contributed by atoms with Gasteiger partial charge in [0.05, 0.1) is 10.5 Å². The third kappa shape index (κ3) is 5.74. The van der Waals surface area contributed by atoms with Gasteiger partial charge < -0.3 is 10.1 Å². The molecule has 1 aromatic carbocycles. The van der Waals surface area contributed by atoms with Gasteiger partial charge in [0.15, 0.2) is 6.61 Å². The van der Waals surface area contributed by atoms with Gasteiger partial charge in [-0.15, -0.1) is 0 Å². The summed E-state index contributed by atoms with van der Waals surface area (Å²) < 4.78 is 27.8. The Morgan fingerprint density at radius 2 is 2.00 bits per heavy atom. The highest BCUT2D eigenvalue weighted by Crippen LogP contribution is 2.21. The number of esters is 1. The zero-order chi connectivity index (χ0) is 16.9. The molecule has 0 aliphatic rings. The van der Waals surface area contributed by atoms with Gasteiger partial charge in [-0.3, -0.25) is 4.79 Å². The first kappa shape index (κ1) is 18.6. The van der Waals surface area contributed by atoms with Crippen LogP contribution < -0.4 is 10.5 Å². The fourth-order valence-electron chi connectivity index (χ4n) is 1.42. The number of primary sulfonamides is 1. The average molecular weight is 393 g/mol. The van der Waals surface area contributed by atoms with Gasteiger partial charge in [-0.05, 0) is 40.0 Å². The van der Waals surface area contributed by atoms with Crippen LogP contribution in [0.25, 0.3) is 0 Å². The largest absolute Gasteiger partial charge is 0.452 e. The Morgan fingerprint density at radius 1 is 1.36 bits per heavy atom. The molecule has 1 rings (SSSR count). The van der Waals surface area contributed by atoms with Crippen molar-refractivity contribution in [2.75, 3.05) is 13.2 Å². The molecule has 0 aliphatic heterocycles. The van der Waals surface area contributed by atoms with Crippen molar-refractivity contribution in [2.24, 2.45) is 11.1 Å². The number of hydrogen-bond donors (Lipinski definition) is 2. The molecule has 0 saturated carbocycles. The Bertz CT molecular complexity index is 673. The van der Waals surface area contributed by atoms with E-state index in [1.165, 1.54) is 12.1 Å². The van der Waals surface area contributed by atoms with E-state index in [1.807, 2.05) is 13.8 Å². The first-order chi connectivity index (χ1) is 10.1. The van der Waals surface area contributed by atoms with Crippen LogP contribution in [0.4, 0.5) is 0 Å². The monoisotopic (exact) mass is 392 g/mol. The molecule has 122 valence electrons. The molecule has 7 nitrogen and oxygen atoms in total. The number of nitrogens with two attached hydrogens (primary N) is 1. The molecule has 0 aliphatic carbocycles. The van der Waals surface area contributed by atoms with Crippen molar-refractivity contribution in [1.29, 1.82) is 0 Å². The van der Waals surface area contributed by atoms with Crippen molar-refractivity contribution in [2.45, 2.75) is 18.7 Å². The number of benzene rings is 1. The lowest BCUT2D eigenvalue weighted by Crippen LogP contribution is -2.31. The molecule has 1 aromatic rings. The van der Waals surface area contributed by atoms with E-state index >= 15 is 0 Å². The average Bonchev–Trinajstić information content (AvgIpc) is 2.41. The molecule has 0 heterocycles. The molecule has 0 atom stereocenters. The maximum atomic E-state index is 11.9. The van der Waals surface area contributed by atoms with Crippen LogP contribution >= 0.6 is 15.9 Å². The minimum Gasteiger partial charge on any atom is -0.452 e. The van der Waals surface area contributed by atoms with E-state index in [9.17, 15) is 18.0 Å². The summed E-state index contributed by atoms with van der Waals surface area (Å²) in [5.74, 6) is -0.974. The number of hydrogen-bond acceptors (Lipinski definition) is 5. The van der Waals surface area contributed by atoms with Gasteiger partial charge in [0.2, 0.25) is 10.0 Å². The van der Waals surface area contributed by atoms with Crippen LogP contribution in [0.1, 0.15) is 24.2 Å². The maximum absolute atomic E-state index is 11.9. The predicted octanol–water partition coefficient (Wildman–Crippen LogP) is 1.03. The Kier molecular flexibility index (Phi) is 6.51. The van der Waals surface area contributed by atoms with Crippen molar-refractivity contribution in [3.63, 3.8) is 0 Å². The highest BCUT2D eigenvalue weighted by atomic mass is 79.9. The SMILES string of the molecule is CC(C)CNC(=O)COC(=O)c1cc(S(N)(=O)=O)ccc1Br. The normalized spacial score (nSPS) is 11.3. The minimum absolute atomic E-state index is 0.0248. The molecule has 0 fully saturated rings. The summed E-state index contributed by atoms with van der Waals surface area (Å²) in [6.45, 7) is 3.89. The maximum Gasteiger partial charge on any atom is 0.339 e. The van der Waals surface area contributed by atoms with Gasteiger partial charge >= 0.3 is 5.97 Å². The standard InChI is InChI=1S/C13H17BrN2O5S/c1-8(2)6-16-12(17)7-21-13(18)10-5-9(22(15,19)20)3-4-11(10)14/h3-5,8H,6-7H2,1-2H3,(H,16,17)(H2,15,19,20). The fourth-order valence-corrected chi connectivity index (χ4v) is 2.36. The van der Waals surface area contributed by atoms with Gasteiger partial charge in [0, 0.05) is 11.0 Å². The number of ether oxygens (including phenoxy) is 1. The van der Waals surface area contributed by atoms with E-state index in [4.69, 9.17) is 9.88 Å². The van der Waals surface area contributed by atoms with Crippen molar-refractivity contribution >= 4 is 37.8 Å². The lowest BCUT2D eigenvalue weighted by molar-refractivity contribution is -0.124. The third-order valence-electron chi connectivity index (χ3n) is 2.53. The molecule has 0 saturated heterocycles. The van der Waals surface area contributed by atoms with Crippen LogP contribution in [0.3, 0.4) is 0 Å². The summed E-state index contributed by atoms with van der Waals surface area (Å²) in [4.78, 5) is 23.2.